The fourth-order valence-corrected chi connectivity index (χ4v) is 2.77. The summed E-state index contributed by atoms with van der Waals surface area (Å²) in [4.78, 5) is 17.1. The van der Waals surface area contributed by atoms with E-state index >= 15 is 0 Å². The number of carbonyl (C=O) groups excluding carboxylic acids is 1. The molecule has 1 atom stereocenters. The Morgan fingerprint density at radius 3 is 3.25 bits per heavy atom. The van der Waals surface area contributed by atoms with Crippen molar-refractivity contribution < 1.29 is 4.79 Å². The molecule has 0 aliphatic carbocycles. The second kappa shape index (κ2) is 5.48. The van der Waals surface area contributed by atoms with E-state index in [0.29, 0.717) is 6.42 Å². The molecule has 1 amide bonds. The quantitative estimate of drug-likeness (QED) is 0.746. The van der Waals surface area contributed by atoms with Gasteiger partial charge in [0.1, 0.15) is 0 Å². The van der Waals surface area contributed by atoms with Crippen LogP contribution in [0.3, 0.4) is 0 Å². The van der Waals surface area contributed by atoms with Gasteiger partial charge in [0.25, 0.3) is 0 Å². The molecule has 0 saturated carbocycles. The Morgan fingerprint density at radius 1 is 1.62 bits per heavy atom. The predicted octanol–water partition coefficient (Wildman–Crippen LogP) is 1.93. The van der Waals surface area contributed by atoms with Gasteiger partial charge in [-0.3, -0.25) is 4.79 Å². The lowest BCUT2D eigenvalue weighted by Crippen LogP contribution is -2.41. The van der Waals surface area contributed by atoms with Gasteiger partial charge in [-0.05, 0) is 32.1 Å². The maximum Gasteiger partial charge on any atom is 0.230 e. The third kappa shape index (κ3) is 2.85. The summed E-state index contributed by atoms with van der Waals surface area (Å²) < 4.78 is 0. The van der Waals surface area contributed by atoms with Gasteiger partial charge in [-0.1, -0.05) is 0 Å². The van der Waals surface area contributed by atoms with Gasteiger partial charge < -0.3 is 4.81 Å². The first kappa shape index (κ1) is 11.6. The van der Waals surface area contributed by atoms with E-state index in [2.05, 4.69) is 4.98 Å². The predicted molar refractivity (Wildman–Crippen MR) is 65.3 cm³/mol. The van der Waals surface area contributed by atoms with Gasteiger partial charge in [-0.25, -0.2) is 4.98 Å². The molecule has 16 heavy (non-hydrogen) atoms. The number of amides is 1. The lowest BCUT2D eigenvalue weighted by Gasteiger charge is -2.33. The van der Waals surface area contributed by atoms with Crippen LogP contribution in [0.25, 0.3) is 0 Å². The first-order chi connectivity index (χ1) is 7.77. The molecular weight excluding hydrogens is 219 g/mol. The van der Waals surface area contributed by atoms with E-state index in [4.69, 9.17) is 7.98 Å². The Balaban J connectivity index is 1.75. The largest absolute Gasteiger partial charge is 0.394 e. The van der Waals surface area contributed by atoms with Crippen molar-refractivity contribution >= 4 is 25.2 Å². The van der Waals surface area contributed by atoms with Crippen LogP contribution >= 0.6 is 11.3 Å². The van der Waals surface area contributed by atoms with Crippen molar-refractivity contribution in [1.82, 2.24) is 9.79 Å². The van der Waals surface area contributed by atoms with Crippen LogP contribution in [0.15, 0.2) is 11.6 Å². The number of rotatable bonds is 4. The minimum atomic E-state index is 0.0884. The van der Waals surface area contributed by atoms with E-state index in [1.165, 1.54) is 9.82 Å². The maximum atomic E-state index is 11.4. The summed E-state index contributed by atoms with van der Waals surface area (Å²) in [5.41, 5.74) is 0. The number of carbonyl (C=O) groups is 1. The maximum absolute atomic E-state index is 11.4. The molecule has 2 rings (SSSR count). The molecule has 2 heterocycles. The molecule has 1 aromatic rings. The van der Waals surface area contributed by atoms with E-state index in [0.717, 1.165) is 32.1 Å². The number of hydrogen-bond acceptors (Lipinski definition) is 3. The van der Waals surface area contributed by atoms with Crippen LogP contribution in [0.5, 0.6) is 0 Å². The van der Waals surface area contributed by atoms with E-state index in [1.807, 2.05) is 11.6 Å². The standard InChI is InChI=1S/C11H15BN2OS/c12-14-9(4-2-6-11(14)15)3-1-5-10-13-7-8-16-10/h7-9H,1-6H2. The molecule has 0 bridgehead atoms. The van der Waals surface area contributed by atoms with Crippen molar-refractivity contribution in [3.8, 4) is 0 Å². The molecule has 1 fully saturated rings. The van der Waals surface area contributed by atoms with E-state index in [-0.39, 0.29) is 11.9 Å². The molecule has 0 aromatic carbocycles. The molecule has 0 N–H and O–H groups in total. The number of aryl methyl sites for hydroxylation is 1. The Labute approximate surface area is 101 Å². The van der Waals surface area contributed by atoms with Crippen molar-refractivity contribution in [2.45, 2.75) is 44.6 Å². The average Bonchev–Trinajstić information content (AvgIpc) is 2.77. The van der Waals surface area contributed by atoms with E-state index in [1.54, 1.807) is 11.3 Å². The second-order valence-corrected chi connectivity index (χ2v) is 5.14. The summed E-state index contributed by atoms with van der Waals surface area (Å²) in [6.07, 6.45) is 7.50. The number of thiazole rings is 1. The SMILES string of the molecule is [B]N1C(=O)CCCC1CCCc1nccs1. The van der Waals surface area contributed by atoms with Gasteiger partial charge in [-0.15, -0.1) is 11.3 Å². The fourth-order valence-electron chi connectivity index (χ4n) is 2.11. The highest BCUT2D eigenvalue weighted by atomic mass is 32.1. The van der Waals surface area contributed by atoms with Gasteiger partial charge in [0.05, 0.1) is 5.01 Å². The molecule has 3 nitrogen and oxygen atoms in total. The highest BCUT2D eigenvalue weighted by Crippen LogP contribution is 2.20. The highest BCUT2D eigenvalue weighted by Gasteiger charge is 2.23. The van der Waals surface area contributed by atoms with Crippen molar-refractivity contribution in [3.63, 3.8) is 0 Å². The molecule has 1 aromatic heterocycles. The first-order valence-electron chi connectivity index (χ1n) is 5.72. The van der Waals surface area contributed by atoms with E-state index in [9.17, 15) is 4.79 Å². The first-order valence-corrected chi connectivity index (χ1v) is 6.60. The van der Waals surface area contributed by atoms with Crippen molar-refractivity contribution in [2.24, 2.45) is 0 Å². The minimum absolute atomic E-state index is 0.0884. The number of piperidine rings is 1. The number of nitrogens with zero attached hydrogens (tertiary/aromatic N) is 2. The smallest absolute Gasteiger partial charge is 0.230 e. The Hall–Kier alpha value is -0.835. The molecule has 2 radical (unpaired) electrons. The zero-order valence-electron chi connectivity index (χ0n) is 9.26. The summed E-state index contributed by atoms with van der Waals surface area (Å²) in [5.74, 6) is 0.0884. The van der Waals surface area contributed by atoms with Gasteiger partial charge in [0.2, 0.25) is 13.9 Å². The van der Waals surface area contributed by atoms with Crippen molar-refractivity contribution in [2.75, 3.05) is 0 Å². The lowest BCUT2D eigenvalue weighted by molar-refractivity contribution is -0.130. The number of aromatic nitrogens is 1. The molecule has 5 heteroatoms. The fraction of sp³-hybridized carbons (Fsp3) is 0.636. The van der Waals surface area contributed by atoms with Gasteiger partial charge in [0.15, 0.2) is 0 Å². The zero-order valence-corrected chi connectivity index (χ0v) is 10.1. The molecule has 0 spiro atoms. The Bertz CT molecular complexity index is 342. The van der Waals surface area contributed by atoms with Gasteiger partial charge in [0, 0.05) is 24.0 Å². The summed E-state index contributed by atoms with van der Waals surface area (Å²) in [6.45, 7) is 0. The third-order valence-electron chi connectivity index (χ3n) is 3.02. The van der Waals surface area contributed by atoms with Crippen LogP contribution in [0.4, 0.5) is 0 Å². The van der Waals surface area contributed by atoms with Crippen LogP contribution in [0.2, 0.25) is 0 Å². The van der Waals surface area contributed by atoms with Crippen LogP contribution in [-0.2, 0) is 11.2 Å². The topological polar surface area (TPSA) is 33.2 Å². The molecular formula is C11H15BN2OS. The molecule has 1 saturated heterocycles. The summed E-state index contributed by atoms with van der Waals surface area (Å²) in [5, 5.41) is 3.17. The van der Waals surface area contributed by atoms with Crippen molar-refractivity contribution in [1.29, 1.82) is 0 Å². The van der Waals surface area contributed by atoms with E-state index < -0.39 is 0 Å². The van der Waals surface area contributed by atoms with Crippen LogP contribution < -0.4 is 0 Å². The summed E-state index contributed by atoms with van der Waals surface area (Å²) >= 11 is 1.69. The van der Waals surface area contributed by atoms with Crippen molar-refractivity contribution in [3.05, 3.63) is 16.6 Å². The van der Waals surface area contributed by atoms with Crippen LogP contribution in [-0.4, -0.2) is 29.7 Å². The second-order valence-electron chi connectivity index (χ2n) is 4.17. The summed E-state index contributed by atoms with van der Waals surface area (Å²) in [7, 11) is 5.75. The van der Waals surface area contributed by atoms with Crippen LogP contribution in [0, 0.1) is 0 Å². The summed E-state index contributed by atoms with van der Waals surface area (Å²) in [6, 6.07) is 0.237. The van der Waals surface area contributed by atoms with Gasteiger partial charge in [-0.2, -0.15) is 0 Å². The average molecular weight is 234 g/mol. The lowest BCUT2D eigenvalue weighted by atomic mass is 9.94. The Kier molecular flexibility index (Phi) is 3.99. The monoisotopic (exact) mass is 234 g/mol. The molecule has 84 valence electrons. The Morgan fingerprint density at radius 2 is 2.50 bits per heavy atom. The number of hydrogen-bond donors (Lipinski definition) is 0. The molecule has 1 unspecified atom stereocenters. The van der Waals surface area contributed by atoms with Crippen LogP contribution in [0.1, 0.15) is 37.1 Å². The minimum Gasteiger partial charge on any atom is -0.394 e. The third-order valence-corrected chi connectivity index (χ3v) is 3.86. The zero-order chi connectivity index (χ0) is 11.4. The highest BCUT2D eigenvalue weighted by molar-refractivity contribution is 7.09. The normalized spacial score (nSPS) is 21.4. The molecule has 1 aliphatic rings. The molecule has 1 aliphatic heterocycles. The van der Waals surface area contributed by atoms with Gasteiger partial charge >= 0.3 is 0 Å².